The Hall–Kier alpha value is -3.39. The molecule has 0 aliphatic heterocycles. The van der Waals surface area contributed by atoms with E-state index in [0.717, 1.165) is 4.31 Å². The van der Waals surface area contributed by atoms with Crippen molar-refractivity contribution in [1.29, 1.82) is 0 Å². The molecule has 0 saturated carbocycles. The van der Waals surface area contributed by atoms with Crippen molar-refractivity contribution in [1.82, 2.24) is 5.32 Å². The zero-order chi connectivity index (χ0) is 23.1. The molecule has 0 aliphatic carbocycles. The van der Waals surface area contributed by atoms with Crippen LogP contribution in [0.25, 0.3) is 0 Å². The second-order valence-corrected chi connectivity index (χ2v) is 8.93. The highest BCUT2D eigenvalue weighted by Gasteiger charge is 2.29. The summed E-state index contributed by atoms with van der Waals surface area (Å²) in [6.07, 6.45) is 0. The molecule has 3 aromatic rings. The highest BCUT2D eigenvalue weighted by molar-refractivity contribution is 7.92. The van der Waals surface area contributed by atoms with Crippen molar-refractivity contribution < 1.29 is 22.3 Å². The maximum absolute atomic E-state index is 13.5. The second kappa shape index (κ2) is 10.3. The number of nitrogens with one attached hydrogen (secondary N) is 1. The summed E-state index contributed by atoms with van der Waals surface area (Å²) in [5, 5.41) is 2.78. The fourth-order valence-electron chi connectivity index (χ4n) is 3.21. The van der Waals surface area contributed by atoms with Crippen LogP contribution in [0, 0.1) is 5.82 Å². The maximum Gasteiger partial charge on any atom is 0.264 e. The number of hydrogen-bond acceptors (Lipinski definition) is 4. The number of benzene rings is 3. The van der Waals surface area contributed by atoms with Crippen molar-refractivity contribution in [2.45, 2.75) is 24.8 Å². The van der Waals surface area contributed by atoms with E-state index in [1.807, 2.05) is 0 Å². The molecule has 168 valence electrons. The van der Waals surface area contributed by atoms with Gasteiger partial charge in [0.15, 0.2) is 0 Å². The standard InChI is InChI=1S/C24H25FN2O4S/c1-3-31-23-12-8-7-11-22(23)27(32(29,30)21-9-5-4-6-10-21)17-24(28)26-18(2)19-13-15-20(25)16-14-19/h4-16,18H,3,17H2,1-2H3,(H,26,28)/t18-/m0/s1. The van der Waals surface area contributed by atoms with Crippen molar-refractivity contribution in [3.05, 3.63) is 90.2 Å². The van der Waals surface area contributed by atoms with Gasteiger partial charge in [0.05, 0.1) is 23.2 Å². The molecule has 0 bridgehead atoms. The van der Waals surface area contributed by atoms with Crippen molar-refractivity contribution in [2.24, 2.45) is 0 Å². The Kier molecular flexibility index (Phi) is 7.48. The summed E-state index contributed by atoms with van der Waals surface area (Å²) in [5.74, 6) is -0.526. The van der Waals surface area contributed by atoms with Crippen LogP contribution in [0.2, 0.25) is 0 Å². The van der Waals surface area contributed by atoms with Crippen molar-refractivity contribution in [3.63, 3.8) is 0 Å². The summed E-state index contributed by atoms with van der Waals surface area (Å²) in [6.45, 7) is 3.43. The van der Waals surface area contributed by atoms with Gasteiger partial charge in [-0.3, -0.25) is 9.10 Å². The van der Waals surface area contributed by atoms with Crippen molar-refractivity contribution >= 4 is 21.6 Å². The fourth-order valence-corrected chi connectivity index (χ4v) is 4.66. The third-order valence-electron chi connectivity index (χ3n) is 4.80. The fraction of sp³-hybridized carbons (Fsp3) is 0.208. The van der Waals surface area contributed by atoms with Crippen LogP contribution in [0.4, 0.5) is 10.1 Å². The van der Waals surface area contributed by atoms with Gasteiger partial charge in [0, 0.05) is 0 Å². The van der Waals surface area contributed by atoms with Gasteiger partial charge in [-0.05, 0) is 55.8 Å². The van der Waals surface area contributed by atoms with Crippen LogP contribution in [0.5, 0.6) is 5.75 Å². The lowest BCUT2D eigenvalue weighted by Gasteiger charge is -2.26. The van der Waals surface area contributed by atoms with E-state index in [1.165, 1.54) is 24.3 Å². The lowest BCUT2D eigenvalue weighted by Crippen LogP contribution is -2.41. The first-order chi connectivity index (χ1) is 15.3. The molecule has 0 radical (unpaired) electrons. The summed E-state index contributed by atoms with van der Waals surface area (Å²) in [4.78, 5) is 13.0. The normalized spacial score (nSPS) is 12.1. The van der Waals surface area contributed by atoms with Gasteiger partial charge >= 0.3 is 0 Å². The van der Waals surface area contributed by atoms with E-state index in [0.29, 0.717) is 17.9 Å². The third-order valence-corrected chi connectivity index (χ3v) is 6.57. The Morgan fingerprint density at radius 3 is 2.28 bits per heavy atom. The van der Waals surface area contributed by atoms with Crippen LogP contribution in [0.1, 0.15) is 25.5 Å². The highest BCUT2D eigenvalue weighted by Crippen LogP contribution is 2.32. The molecule has 3 aromatic carbocycles. The molecule has 0 unspecified atom stereocenters. The number of ether oxygens (including phenoxy) is 1. The minimum atomic E-state index is -4.05. The first-order valence-corrected chi connectivity index (χ1v) is 11.6. The molecule has 0 fully saturated rings. The second-order valence-electron chi connectivity index (χ2n) is 7.07. The number of anilines is 1. The van der Waals surface area contributed by atoms with Gasteiger partial charge in [-0.2, -0.15) is 0 Å². The van der Waals surface area contributed by atoms with Gasteiger partial charge < -0.3 is 10.1 Å². The predicted octanol–water partition coefficient (Wildman–Crippen LogP) is 4.30. The van der Waals surface area contributed by atoms with Crippen molar-refractivity contribution in [3.8, 4) is 5.75 Å². The Labute approximate surface area is 187 Å². The van der Waals surface area contributed by atoms with E-state index in [1.54, 1.807) is 68.4 Å². The van der Waals surface area contributed by atoms with Gasteiger partial charge in [-0.15, -0.1) is 0 Å². The zero-order valence-corrected chi connectivity index (χ0v) is 18.7. The quantitative estimate of drug-likeness (QED) is 0.521. The molecule has 0 aliphatic rings. The molecule has 8 heteroatoms. The lowest BCUT2D eigenvalue weighted by atomic mass is 10.1. The van der Waals surface area contributed by atoms with Crippen LogP contribution >= 0.6 is 0 Å². The first kappa shape index (κ1) is 23.3. The van der Waals surface area contributed by atoms with Gasteiger partial charge in [-0.25, -0.2) is 12.8 Å². The molecule has 0 aromatic heterocycles. The molecule has 32 heavy (non-hydrogen) atoms. The molecular weight excluding hydrogens is 431 g/mol. The van der Waals surface area contributed by atoms with E-state index >= 15 is 0 Å². The summed E-state index contributed by atoms with van der Waals surface area (Å²) >= 11 is 0. The Morgan fingerprint density at radius 2 is 1.62 bits per heavy atom. The van der Waals surface area contributed by atoms with Gasteiger partial charge in [0.1, 0.15) is 18.1 Å². The van der Waals surface area contributed by atoms with E-state index in [9.17, 15) is 17.6 Å². The molecular formula is C24H25FN2O4S. The van der Waals surface area contributed by atoms with E-state index in [2.05, 4.69) is 5.32 Å². The van der Waals surface area contributed by atoms with Crippen LogP contribution in [0.3, 0.4) is 0 Å². The first-order valence-electron chi connectivity index (χ1n) is 10.2. The number of carbonyl (C=O) groups excluding carboxylic acids is 1. The Morgan fingerprint density at radius 1 is 1.00 bits per heavy atom. The molecule has 6 nitrogen and oxygen atoms in total. The Bertz CT molecular complexity index is 1150. The predicted molar refractivity (Wildman–Crippen MR) is 122 cm³/mol. The SMILES string of the molecule is CCOc1ccccc1N(CC(=O)N[C@@H](C)c1ccc(F)cc1)S(=O)(=O)c1ccccc1. The number of para-hydroxylation sites is 2. The molecule has 1 amide bonds. The number of nitrogens with zero attached hydrogens (tertiary/aromatic N) is 1. The minimum absolute atomic E-state index is 0.0608. The maximum atomic E-state index is 13.5. The van der Waals surface area contributed by atoms with Crippen LogP contribution < -0.4 is 14.4 Å². The van der Waals surface area contributed by atoms with Crippen LogP contribution in [-0.2, 0) is 14.8 Å². The third kappa shape index (κ3) is 5.45. The highest BCUT2D eigenvalue weighted by atomic mass is 32.2. The smallest absolute Gasteiger partial charge is 0.264 e. The number of rotatable bonds is 9. The summed E-state index contributed by atoms with van der Waals surface area (Å²) in [6, 6.07) is 19.9. The summed E-state index contributed by atoms with van der Waals surface area (Å²) in [7, 11) is -4.05. The molecule has 3 rings (SSSR count). The van der Waals surface area contributed by atoms with E-state index in [-0.39, 0.29) is 16.4 Å². The van der Waals surface area contributed by atoms with Crippen molar-refractivity contribution in [2.75, 3.05) is 17.5 Å². The van der Waals surface area contributed by atoms with Gasteiger partial charge in [0.25, 0.3) is 10.0 Å². The average molecular weight is 457 g/mol. The summed E-state index contributed by atoms with van der Waals surface area (Å²) in [5.41, 5.74) is 0.967. The number of carbonyl (C=O) groups is 1. The van der Waals surface area contributed by atoms with Crippen LogP contribution in [0.15, 0.2) is 83.8 Å². The van der Waals surface area contributed by atoms with Gasteiger partial charge in [0.2, 0.25) is 5.91 Å². The van der Waals surface area contributed by atoms with Gasteiger partial charge in [-0.1, -0.05) is 42.5 Å². The average Bonchev–Trinajstić information content (AvgIpc) is 2.79. The largest absolute Gasteiger partial charge is 0.492 e. The number of sulfonamides is 1. The minimum Gasteiger partial charge on any atom is -0.492 e. The van der Waals surface area contributed by atoms with E-state index in [4.69, 9.17) is 4.74 Å². The molecule has 0 heterocycles. The molecule has 0 spiro atoms. The number of amides is 1. The summed E-state index contributed by atoms with van der Waals surface area (Å²) < 4.78 is 46.8. The monoisotopic (exact) mass is 456 g/mol. The number of hydrogen-bond donors (Lipinski definition) is 1. The number of halogens is 1. The zero-order valence-electron chi connectivity index (χ0n) is 17.9. The van der Waals surface area contributed by atoms with E-state index < -0.39 is 28.5 Å². The topological polar surface area (TPSA) is 75.7 Å². The lowest BCUT2D eigenvalue weighted by molar-refractivity contribution is -0.120. The Balaban J connectivity index is 1.93. The molecule has 0 saturated heterocycles. The molecule has 1 N–H and O–H groups in total. The van der Waals surface area contributed by atoms with Crippen LogP contribution in [-0.4, -0.2) is 27.5 Å². The molecule has 1 atom stereocenters.